The molecule has 2 aromatic heterocycles. The van der Waals surface area contributed by atoms with E-state index in [1.165, 1.54) is 38.7 Å². The van der Waals surface area contributed by atoms with Gasteiger partial charge in [-0.1, -0.05) is 24.6 Å². The lowest BCUT2D eigenvalue weighted by Gasteiger charge is -2.26. The molecule has 0 saturated carbocycles. The summed E-state index contributed by atoms with van der Waals surface area (Å²) in [6.07, 6.45) is 5.38. The number of ether oxygens (including phenoxy) is 1. The van der Waals surface area contributed by atoms with Crippen LogP contribution in [0.4, 0.5) is 11.5 Å². The molecule has 3 heterocycles. The van der Waals surface area contributed by atoms with Crippen LogP contribution in [0.5, 0.6) is 11.6 Å². The minimum Gasteiger partial charge on any atom is -0.435 e. The van der Waals surface area contributed by atoms with Crippen molar-refractivity contribution in [1.82, 2.24) is 19.9 Å². The summed E-state index contributed by atoms with van der Waals surface area (Å²) in [4.78, 5) is 15.6. The first-order chi connectivity index (χ1) is 13.7. The summed E-state index contributed by atoms with van der Waals surface area (Å²) in [5.41, 5.74) is 8.41. The monoisotopic (exact) mass is 378 g/mol. The molecule has 7 nitrogen and oxygen atoms in total. The molecule has 0 amide bonds. The first-order valence-electron chi connectivity index (χ1n) is 9.81. The number of para-hydroxylation sites is 1. The minimum absolute atomic E-state index is 0.339. The second-order valence-corrected chi connectivity index (χ2v) is 7.15. The number of hydrogen-bond acceptors (Lipinski definition) is 7. The van der Waals surface area contributed by atoms with Crippen LogP contribution in [0.15, 0.2) is 36.7 Å². The van der Waals surface area contributed by atoms with Gasteiger partial charge in [0.25, 0.3) is 0 Å². The van der Waals surface area contributed by atoms with E-state index in [0.29, 0.717) is 23.1 Å². The van der Waals surface area contributed by atoms with Crippen LogP contribution in [0.25, 0.3) is 10.9 Å². The largest absolute Gasteiger partial charge is 0.435 e. The van der Waals surface area contributed by atoms with Gasteiger partial charge in [0.2, 0.25) is 5.88 Å². The van der Waals surface area contributed by atoms with Crippen molar-refractivity contribution in [3.63, 3.8) is 0 Å². The van der Waals surface area contributed by atoms with Crippen molar-refractivity contribution >= 4 is 22.4 Å². The SMILES string of the molecule is Cc1ccc2cccc(Oc3ncnc(NCCN4CCCCC4)c3N)c2n1. The summed E-state index contributed by atoms with van der Waals surface area (Å²) in [6.45, 7) is 6.06. The van der Waals surface area contributed by atoms with E-state index in [0.717, 1.165) is 29.7 Å². The van der Waals surface area contributed by atoms with Crippen molar-refractivity contribution < 1.29 is 4.74 Å². The fraction of sp³-hybridized carbons (Fsp3) is 0.381. The summed E-state index contributed by atoms with van der Waals surface area (Å²) >= 11 is 0. The first-order valence-corrected chi connectivity index (χ1v) is 9.81. The van der Waals surface area contributed by atoms with Crippen LogP contribution in [0.1, 0.15) is 25.0 Å². The molecule has 7 heteroatoms. The summed E-state index contributed by atoms with van der Waals surface area (Å²) < 4.78 is 6.03. The summed E-state index contributed by atoms with van der Waals surface area (Å²) in [7, 11) is 0. The molecule has 1 aliphatic heterocycles. The van der Waals surface area contributed by atoms with E-state index >= 15 is 0 Å². The Labute approximate surface area is 165 Å². The zero-order valence-electron chi connectivity index (χ0n) is 16.2. The van der Waals surface area contributed by atoms with E-state index in [4.69, 9.17) is 10.5 Å². The zero-order valence-corrected chi connectivity index (χ0v) is 16.2. The highest BCUT2D eigenvalue weighted by molar-refractivity contribution is 5.85. The number of benzene rings is 1. The normalized spacial score (nSPS) is 14.9. The molecule has 0 aliphatic carbocycles. The topological polar surface area (TPSA) is 89.2 Å². The third-order valence-electron chi connectivity index (χ3n) is 5.05. The second-order valence-electron chi connectivity index (χ2n) is 7.15. The third-order valence-corrected chi connectivity index (χ3v) is 5.05. The molecule has 146 valence electrons. The Morgan fingerprint density at radius 1 is 1.11 bits per heavy atom. The Hall–Kier alpha value is -2.93. The van der Waals surface area contributed by atoms with Crippen molar-refractivity contribution in [2.45, 2.75) is 26.2 Å². The van der Waals surface area contributed by atoms with Gasteiger partial charge in [-0.15, -0.1) is 0 Å². The lowest BCUT2D eigenvalue weighted by atomic mass is 10.1. The van der Waals surface area contributed by atoms with Gasteiger partial charge in [-0.05, 0) is 45.0 Å². The van der Waals surface area contributed by atoms with E-state index in [1.807, 2.05) is 37.3 Å². The molecular weight excluding hydrogens is 352 g/mol. The number of aromatic nitrogens is 3. The second kappa shape index (κ2) is 8.39. The van der Waals surface area contributed by atoms with Crippen molar-refractivity contribution in [2.75, 3.05) is 37.2 Å². The summed E-state index contributed by atoms with van der Waals surface area (Å²) in [6, 6.07) is 9.83. The number of nitrogen functional groups attached to an aromatic ring is 1. The molecule has 1 saturated heterocycles. The van der Waals surface area contributed by atoms with Crippen molar-refractivity contribution in [3.8, 4) is 11.6 Å². The highest BCUT2D eigenvalue weighted by Gasteiger charge is 2.14. The number of rotatable bonds is 6. The van der Waals surface area contributed by atoms with Gasteiger partial charge in [0.15, 0.2) is 11.6 Å². The van der Waals surface area contributed by atoms with Crippen LogP contribution in [0.3, 0.4) is 0 Å². The van der Waals surface area contributed by atoms with Crippen LogP contribution in [0, 0.1) is 6.92 Å². The molecule has 0 radical (unpaired) electrons. The van der Waals surface area contributed by atoms with Crippen LogP contribution < -0.4 is 15.8 Å². The molecule has 28 heavy (non-hydrogen) atoms. The predicted molar refractivity (Wildman–Crippen MR) is 112 cm³/mol. The third kappa shape index (κ3) is 4.14. The fourth-order valence-corrected chi connectivity index (χ4v) is 3.52. The Morgan fingerprint density at radius 3 is 2.82 bits per heavy atom. The van der Waals surface area contributed by atoms with Gasteiger partial charge < -0.3 is 20.7 Å². The smallest absolute Gasteiger partial charge is 0.248 e. The molecule has 3 aromatic rings. The number of pyridine rings is 1. The van der Waals surface area contributed by atoms with Gasteiger partial charge in [-0.3, -0.25) is 0 Å². The van der Waals surface area contributed by atoms with Crippen molar-refractivity contribution in [3.05, 3.63) is 42.4 Å². The fourth-order valence-electron chi connectivity index (χ4n) is 3.52. The molecule has 0 bridgehead atoms. The lowest BCUT2D eigenvalue weighted by molar-refractivity contribution is 0.237. The number of nitrogens with two attached hydrogens (primary N) is 1. The van der Waals surface area contributed by atoms with Crippen LogP contribution >= 0.6 is 0 Å². The molecular formula is C21H26N6O. The van der Waals surface area contributed by atoms with Gasteiger partial charge in [0.1, 0.15) is 17.5 Å². The lowest BCUT2D eigenvalue weighted by Crippen LogP contribution is -2.33. The zero-order chi connectivity index (χ0) is 19.3. The van der Waals surface area contributed by atoms with Gasteiger partial charge in [0.05, 0.1) is 0 Å². The van der Waals surface area contributed by atoms with Crippen molar-refractivity contribution in [1.29, 1.82) is 0 Å². The number of likely N-dealkylation sites (tertiary alicyclic amines) is 1. The number of hydrogen-bond donors (Lipinski definition) is 2. The number of fused-ring (bicyclic) bond motifs is 1. The summed E-state index contributed by atoms with van der Waals surface area (Å²) in [5.74, 6) is 1.57. The van der Waals surface area contributed by atoms with E-state index in [-0.39, 0.29) is 0 Å². The van der Waals surface area contributed by atoms with Crippen LogP contribution in [0.2, 0.25) is 0 Å². The number of aryl methyl sites for hydroxylation is 1. The molecule has 1 aliphatic rings. The number of piperidine rings is 1. The van der Waals surface area contributed by atoms with Gasteiger partial charge in [0, 0.05) is 24.2 Å². The van der Waals surface area contributed by atoms with Crippen molar-refractivity contribution in [2.24, 2.45) is 0 Å². The Morgan fingerprint density at radius 2 is 1.96 bits per heavy atom. The minimum atomic E-state index is 0.339. The van der Waals surface area contributed by atoms with Gasteiger partial charge >= 0.3 is 0 Å². The molecule has 4 rings (SSSR count). The Balaban J connectivity index is 1.48. The maximum absolute atomic E-state index is 6.28. The quantitative estimate of drug-likeness (QED) is 0.677. The number of nitrogens with zero attached hydrogens (tertiary/aromatic N) is 4. The molecule has 0 spiro atoms. The van der Waals surface area contributed by atoms with Crippen LogP contribution in [-0.4, -0.2) is 46.0 Å². The highest BCUT2D eigenvalue weighted by atomic mass is 16.5. The molecule has 3 N–H and O–H groups in total. The van der Waals surface area contributed by atoms with E-state index in [9.17, 15) is 0 Å². The average molecular weight is 378 g/mol. The predicted octanol–water partition coefficient (Wildman–Crippen LogP) is 3.61. The van der Waals surface area contributed by atoms with Gasteiger partial charge in [-0.25, -0.2) is 9.97 Å². The van der Waals surface area contributed by atoms with E-state index in [1.54, 1.807) is 0 Å². The highest BCUT2D eigenvalue weighted by Crippen LogP contribution is 2.32. The summed E-state index contributed by atoms with van der Waals surface area (Å²) in [5, 5.41) is 4.33. The molecule has 0 atom stereocenters. The van der Waals surface area contributed by atoms with E-state index in [2.05, 4.69) is 25.2 Å². The number of anilines is 2. The maximum Gasteiger partial charge on any atom is 0.248 e. The molecule has 1 aromatic carbocycles. The van der Waals surface area contributed by atoms with Crippen LogP contribution in [-0.2, 0) is 0 Å². The molecule has 0 unspecified atom stereocenters. The maximum atomic E-state index is 6.28. The Kier molecular flexibility index (Phi) is 5.53. The van der Waals surface area contributed by atoms with E-state index < -0.39 is 0 Å². The standard InChI is InChI=1S/C21H26N6O/c1-15-8-9-16-6-5-7-17(19(16)26-15)28-21-18(22)20(24-14-25-21)23-10-13-27-11-3-2-4-12-27/h5-9,14H,2-4,10-13,22H2,1H3,(H,23,24,25). The first kappa shape index (κ1) is 18.4. The average Bonchev–Trinajstić information content (AvgIpc) is 2.72. The molecule has 1 fully saturated rings. The number of nitrogens with one attached hydrogen (secondary N) is 1. The van der Waals surface area contributed by atoms with Gasteiger partial charge in [-0.2, -0.15) is 4.98 Å². The Bertz CT molecular complexity index is 955.